The molecule has 1 aromatic rings. The molecule has 0 aliphatic rings. The van der Waals surface area contributed by atoms with Gasteiger partial charge in [0, 0.05) is 26.3 Å². The zero-order chi connectivity index (χ0) is 12.1. The van der Waals surface area contributed by atoms with E-state index in [-0.39, 0.29) is 18.4 Å². The number of nitrogens with zero attached hydrogens (tertiary/aromatic N) is 1. The van der Waals surface area contributed by atoms with E-state index in [1.165, 1.54) is 7.11 Å². The van der Waals surface area contributed by atoms with Crippen LogP contribution in [0.5, 0.6) is 0 Å². The van der Waals surface area contributed by atoms with Crippen molar-refractivity contribution in [3.63, 3.8) is 0 Å². The second-order valence-corrected chi connectivity index (χ2v) is 3.80. The summed E-state index contributed by atoms with van der Waals surface area (Å²) >= 11 is 0. The topological polar surface area (TPSA) is 55.6 Å². The summed E-state index contributed by atoms with van der Waals surface area (Å²) in [7, 11) is 5.28. The molecule has 16 heavy (non-hydrogen) atoms. The average Bonchev–Trinajstić information content (AvgIpc) is 2.30. The standard InChI is InChI=1S/C12H18N2O2/c1-14(2)10-6-4-5-9(7-10)11(8-13)12(15)16-3/h4-7,11H,8,13H2,1-3H3. The maximum absolute atomic E-state index is 11.5. The smallest absolute Gasteiger partial charge is 0.314 e. The van der Waals surface area contributed by atoms with Crippen molar-refractivity contribution >= 4 is 11.7 Å². The highest BCUT2D eigenvalue weighted by molar-refractivity contribution is 5.78. The van der Waals surface area contributed by atoms with Gasteiger partial charge in [-0.05, 0) is 17.7 Å². The number of rotatable bonds is 4. The van der Waals surface area contributed by atoms with Gasteiger partial charge in [-0.15, -0.1) is 0 Å². The Morgan fingerprint density at radius 2 is 2.19 bits per heavy atom. The summed E-state index contributed by atoms with van der Waals surface area (Å²) in [6.07, 6.45) is 0. The van der Waals surface area contributed by atoms with Crippen molar-refractivity contribution in [1.29, 1.82) is 0 Å². The predicted octanol–water partition coefficient (Wildman–Crippen LogP) is 0.968. The number of benzene rings is 1. The van der Waals surface area contributed by atoms with E-state index in [0.717, 1.165) is 11.3 Å². The predicted molar refractivity (Wildman–Crippen MR) is 64.6 cm³/mol. The van der Waals surface area contributed by atoms with Crippen molar-refractivity contribution in [3.05, 3.63) is 29.8 Å². The molecule has 0 heterocycles. The number of ether oxygens (including phenoxy) is 1. The molecule has 0 amide bonds. The molecule has 0 aliphatic carbocycles. The van der Waals surface area contributed by atoms with Gasteiger partial charge in [-0.1, -0.05) is 12.1 Å². The summed E-state index contributed by atoms with van der Waals surface area (Å²) < 4.78 is 4.73. The molecule has 0 spiro atoms. The Kier molecular flexibility index (Phi) is 4.31. The lowest BCUT2D eigenvalue weighted by Gasteiger charge is -2.17. The van der Waals surface area contributed by atoms with E-state index >= 15 is 0 Å². The zero-order valence-electron chi connectivity index (χ0n) is 9.93. The van der Waals surface area contributed by atoms with E-state index in [2.05, 4.69) is 0 Å². The number of esters is 1. The highest BCUT2D eigenvalue weighted by Gasteiger charge is 2.19. The fourth-order valence-corrected chi connectivity index (χ4v) is 1.53. The van der Waals surface area contributed by atoms with Crippen molar-refractivity contribution < 1.29 is 9.53 Å². The van der Waals surface area contributed by atoms with E-state index in [1.807, 2.05) is 43.3 Å². The lowest BCUT2D eigenvalue weighted by Crippen LogP contribution is -2.23. The SMILES string of the molecule is COC(=O)C(CN)c1cccc(N(C)C)c1. The zero-order valence-corrected chi connectivity index (χ0v) is 9.93. The first-order valence-corrected chi connectivity index (χ1v) is 5.15. The van der Waals surface area contributed by atoms with Crippen molar-refractivity contribution in [3.8, 4) is 0 Å². The minimum Gasteiger partial charge on any atom is -0.469 e. The largest absolute Gasteiger partial charge is 0.469 e. The normalized spacial score (nSPS) is 12.0. The van der Waals surface area contributed by atoms with Gasteiger partial charge in [-0.3, -0.25) is 4.79 Å². The van der Waals surface area contributed by atoms with Gasteiger partial charge in [0.25, 0.3) is 0 Å². The molecule has 0 saturated heterocycles. The summed E-state index contributed by atoms with van der Waals surface area (Å²) in [6.45, 7) is 0.254. The van der Waals surface area contributed by atoms with E-state index in [1.54, 1.807) is 0 Å². The summed E-state index contributed by atoms with van der Waals surface area (Å²) in [6, 6.07) is 7.74. The van der Waals surface area contributed by atoms with Crippen molar-refractivity contribution in [2.75, 3.05) is 32.6 Å². The number of carbonyl (C=O) groups is 1. The average molecular weight is 222 g/mol. The third kappa shape index (κ3) is 2.73. The fourth-order valence-electron chi connectivity index (χ4n) is 1.53. The van der Waals surface area contributed by atoms with Crippen LogP contribution in [0.3, 0.4) is 0 Å². The molecular weight excluding hydrogens is 204 g/mol. The Labute approximate surface area is 96.0 Å². The van der Waals surface area contributed by atoms with Crippen LogP contribution in [0.4, 0.5) is 5.69 Å². The molecule has 4 nitrogen and oxygen atoms in total. The molecule has 1 atom stereocenters. The van der Waals surface area contributed by atoms with Crippen molar-refractivity contribution in [2.45, 2.75) is 5.92 Å². The Morgan fingerprint density at radius 3 is 2.69 bits per heavy atom. The van der Waals surface area contributed by atoms with Crippen LogP contribution in [0.15, 0.2) is 24.3 Å². The molecule has 0 fully saturated rings. The molecule has 1 unspecified atom stereocenters. The maximum atomic E-state index is 11.5. The van der Waals surface area contributed by atoms with Crippen LogP contribution >= 0.6 is 0 Å². The Hall–Kier alpha value is -1.55. The molecule has 0 aromatic heterocycles. The maximum Gasteiger partial charge on any atom is 0.314 e. The first-order chi connectivity index (χ1) is 7.60. The Bertz CT molecular complexity index is 364. The number of methoxy groups -OCH3 is 1. The molecule has 0 aliphatic heterocycles. The summed E-state index contributed by atoms with van der Waals surface area (Å²) in [5, 5.41) is 0. The van der Waals surface area contributed by atoms with E-state index < -0.39 is 0 Å². The van der Waals surface area contributed by atoms with Crippen molar-refractivity contribution in [1.82, 2.24) is 0 Å². The minimum atomic E-state index is -0.384. The lowest BCUT2D eigenvalue weighted by molar-refractivity contribution is -0.142. The highest BCUT2D eigenvalue weighted by Crippen LogP contribution is 2.21. The molecule has 1 aromatic carbocycles. The van der Waals surface area contributed by atoms with E-state index in [9.17, 15) is 4.79 Å². The van der Waals surface area contributed by atoms with Gasteiger partial charge < -0.3 is 15.4 Å². The molecule has 1 rings (SSSR count). The van der Waals surface area contributed by atoms with Crippen LogP contribution in [0.25, 0.3) is 0 Å². The van der Waals surface area contributed by atoms with Crippen LogP contribution in [0.1, 0.15) is 11.5 Å². The Balaban J connectivity index is 3.01. The van der Waals surface area contributed by atoms with E-state index in [4.69, 9.17) is 10.5 Å². The van der Waals surface area contributed by atoms with Crippen LogP contribution in [0, 0.1) is 0 Å². The third-order valence-electron chi connectivity index (χ3n) is 2.51. The van der Waals surface area contributed by atoms with Gasteiger partial charge in [0.1, 0.15) is 0 Å². The van der Waals surface area contributed by atoms with Crippen LogP contribution in [0.2, 0.25) is 0 Å². The van der Waals surface area contributed by atoms with Gasteiger partial charge in [0.15, 0.2) is 0 Å². The van der Waals surface area contributed by atoms with Gasteiger partial charge in [0.2, 0.25) is 0 Å². The molecule has 0 radical (unpaired) electrons. The van der Waals surface area contributed by atoms with Gasteiger partial charge in [-0.2, -0.15) is 0 Å². The molecule has 2 N–H and O–H groups in total. The van der Waals surface area contributed by atoms with Crippen LogP contribution < -0.4 is 10.6 Å². The van der Waals surface area contributed by atoms with E-state index in [0.29, 0.717) is 0 Å². The van der Waals surface area contributed by atoms with Crippen molar-refractivity contribution in [2.24, 2.45) is 5.73 Å². The minimum absolute atomic E-state index is 0.254. The number of nitrogens with two attached hydrogens (primary N) is 1. The summed E-state index contributed by atoms with van der Waals surface area (Å²) in [5.41, 5.74) is 7.52. The number of carbonyl (C=O) groups excluding carboxylic acids is 1. The highest BCUT2D eigenvalue weighted by atomic mass is 16.5. The monoisotopic (exact) mass is 222 g/mol. The fraction of sp³-hybridized carbons (Fsp3) is 0.417. The molecule has 4 heteroatoms. The van der Waals surface area contributed by atoms with Crippen LogP contribution in [-0.2, 0) is 9.53 Å². The third-order valence-corrected chi connectivity index (χ3v) is 2.51. The molecule has 0 bridgehead atoms. The number of anilines is 1. The van der Waals surface area contributed by atoms with Gasteiger partial charge in [-0.25, -0.2) is 0 Å². The molecular formula is C12H18N2O2. The van der Waals surface area contributed by atoms with Crippen LogP contribution in [-0.4, -0.2) is 33.7 Å². The first-order valence-electron chi connectivity index (χ1n) is 5.15. The van der Waals surface area contributed by atoms with Gasteiger partial charge in [0.05, 0.1) is 13.0 Å². The quantitative estimate of drug-likeness (QED) is 0.771. The second kappa shape index (κ2) is 5.51. The molecule has 0 saturated carbocycles. The lowest BCUT2D eigenvalue weighted by atomic mass is 9.99. The second-order valence-electron chi connectivity index (χ2n) is 3.80. The Morgan fingerprint density at radius 1 is 1.50 bits per heavy atom. The first kappa shape index (κ1) is 12.5. The molecule has 88 valence electrons. The summed E-state index contributed by atoms with van der Waals surface area (Å²) in [4.78, 5) is 13.5. The number of hydrogen-bond acceptors (Lipinski definition) is 4. The summed E-state index contributed by atoms with van der Waals surface area (Å²) in [5.74, 6) is -0.677. The van der Waals surface area contributed by atoms with Gasteiger partial charge >= 0.3 is 5.97 Å². The number of hydrogen-bond donors (Lipinski definition) is 1.